The van der Waals surface area contributed by atoms with Crippen molar-refractivity contribution in [2.24, 2.45) is 0 Å². The molecule has 4 aliphatic carbocycles. The van der Waals surface area contributed by atoms with Crippen LogP contribution in [0.1, 0.15) is 0 Å². The van der Waals surface area contributed by atoms with Gasteiger partial charge in [0, 0.05) is 0 Å². The summed E-state index contributed by atoms with van der Waals surface area (Å²) in [5, 5.41) is -5.91. The molecule has 0 saturated heterocycles. The van der Waals surface area contributed by atoms with Crippen LogP contribution in [0, 0.1) is 0 Å². The van der Waals surface area contributed by atoms with Crippen molar-refractivity contribution in [3.63, 3.8) is 0 Å². The van der Waals surface area contributed by atoms with Gasteiger partial charge in [-0.25, -0.2) is 22.4 Å². The first-order valence-electron chi connectivity index (χ1n) is 8.79. The Morgan fingerprint density at radius 2 is 1.11 bits per heavy atom. The number of hydrogen-bond donors (Lipinski definition) is 1. The van der Waals surface area contributed by atoms with Crippen molar-refractivity contribution in [2.75, 3.05) is 13.2 Å². The minimum absolute atomic E-state index is 2.41. The van der Waals surface area contributed by atoms with E-state index in [1.165, 1.54) is 0 Å². The summed E-state index contributed by atoms with van der Waals surface area (Å²) in [5.74, 6) is -41.5. The highest BCUT2D eigenvalue weighted by molar-refractivity contribution is 7.87. The minimum atomic E-state index is -7.74. The highest BCUT2D eigenvalue weighted by Crippen LogP contribution is 2.86. The number of ether oxygens (including phenoxy) is 2. The van der Waals surface area contributed by atoms with E-state index in [0.717, 1.165) is 0 Å². The Morgan fingerprint density at radius 3 is 1.46 bits per heavy atom. The van der Waals surface area contributed by atoms with E-state index in [2.05, 4.69) is 9.47 Å². The third-order valence-electron chi connectivity index (χ3n) is 6.35. The van der Waals surface area contributed by atoms with Crippen LogP contribution in [0.3, 0.4) is 0 Å². The first-order valence-corrected chi connectivity index (χ1v) is 10.2. The van der Waals surface area contributed by atoms with Gasteiger partial charge in [0.2, 0.25) is 0 Å². The van der Waals surface area contributed by atoms with Gasteiger partial charge in [-0.3, -0.25) is 4.55 Å². The quantitative estimate of drug-likeness (QED) is 0.216. The highest BCUT2D eigenvalue weighted by Gasteiger charge is 3.19. The van der Waals surface area contributed by atoms with Crippen LogP contribution in [-0.4, -0.2) is 95.8 Å². The molecular formula is C14H6F16O6S. The van der Waals surface area contributed by atoms with Gasteiger partial charge in [-0.1, -0.05) is 0 Å². The molecule has 0 heterocycles. The maximum absolute atomic E-state index is 14.8. The molecule has 4 bridgehead atoms. The monoisotopic (exact) mass is 606 g/mol. The molecule has 0 aromatic carbocycles. The van der Waals surface area contributed by atoms with Crippen molar-refractivity contribution in [3.8, 4) is 0 Å². The van der Waals surface area contributed by atoms with Crippen molar-refractivity contribution in [1.29, 1.82) is 0 Å². The normalized spacial score (nSPS) is 42.5. The largest absolute Gasteiger partial charge is 0.465 e. The van der Waals surface area contributed by atoms with Gasteiger partial charge in [0.15, 0.2) is 6.17 Å². The average Bonchev–Trinajstić information content (AvgIpc) is 2.71. The Bertz CT molecular complexity index is 1100. The number of hydrogen-bond acceptors (Lipinski definition) is 5. The maximum atomic E-state index is 14.8. The molecule has 0 radical (unpaired) electrons. The van der Waals surface area contributed by atoms with Crippen molar-refractivity contribution in [1.82, 2.24) is 0 Å². The zero-order valence-corrected chi connectivity index (χ0v) is 17.3. The molecule has 0 aromatic rings. The molecule has 1 N–H and O–H groups in total. The molecule has 4 fully saturated rings. The fraction of sp³-hybridized carbons (Fsp3) is 0.929. The second-order valence-corrected chi connectivity index (χ2v) is 9.44. The Labute approximate surface area is 191 Å². The summed E-state index contributed by atoms with van der Waals surface area (Å²) in [6.07, 6.45) is -6.10. The molecule has 216 valence electrons. The number of esters is 1. The first-order chi connectivity index (χ1) is 16.0. The van der Waals surface area contributed by atoms with Gasteiger partial charge in [-0.2, -0.15) is 61.1 Å². The smallest absolute Gasteiger partial charge is 0.458 e. The van der Waals surface area contributed by atoms with Crippen molar-refractivity contribution < 1.29 is 97.5 Å². The van der Waals surface area contributed by atoms with E-state index in [0.29, 0.717) is 0 Å². The number of carbonyl (C=O) groups is 1. The lowest BCUT2D eigenvalue weighted by atomic mass is 9.41. The zero-order valence-electron chi connectivity index (χ0n) is 16.4. The van der Waals surface area contributed by atoms with Crippen molar-refractivity contribution in [3.05, 3.63) is 0 Å². The maximum Gasteiger partial charge on any atom is 0.465 e. The average molecular weight is 606 g/mol. The van der Waals surface area contributed by atoms with E-state index < -0.39 is 92.9 Å². The molecule has 0 spiro atoms. The lowest BCUT2D eigenvalue weighted by Crippen LogP contribution is -3.08. The van der Waals surface area contributed by atoms with E-state index in [1.54, 1.807) is 0 Å². The SMILES string of the molecule is O=C(OCCOC12C(F)(F)C3(F)C(F)C(F)(C(F)(F)C(F)(C3(F)F)C1(F)F)C2(F)F)C(F)(F)S(=O)(=O)O. The molecule has 23 heteroatoms. The second kappa shape index (κ2) is 6.86. The molecule has 0 amide bonds. The lowest BCUT2D eigenvalue weighted by molar-refractivity contribution is -0.593. The molecule has 2 unspecified atom stereocenters. The molecule has 4 aliphatic rings. The van der Waals surface area contributed by atoms with Crippen LogP contribution < -0.4 is 0 Å². The van der Waals surface area contributed by atoms with Gasteiger partial charge in [0.25, 0.3) is 16.9 Å². The third kappa shape index (κ3) is 2.34. The first kappa shape index (κ1) is 29.8. The Hall–Kier alpha value is -1.78. The van der Waals surface area contributed by atoms with Gasteiger partial charge in [0.1, 0.15) is 6.61 Å². The molecule has 0 aliphatic heterocycles. The van der Waals surface area contributed by atoms with E-state index in [1.807, 2.05) is 0 Å². The van der Waals surface area contributed by atoms with Crippen LogP contribution in [0.2, 0.25) is 0 Å². The molecule has 6 nitrogen and oxygen atoms in total. The molecule has 4 saturated carbocycles. The van der Waals surface area contributed by atoms with E-state index in [-0.39, 0.29) is 0 Å². The van der Waals surface area contributed by atoms with Gasteiger partial charge in [-0.15, -0.1) is 0 Å². The number of carbonyl (C=O) groups excluding carboxylic acids is 1. The lowest BCUT2D eigenvalue weighted by Gasteiger charge is -2.73. The summed E-state index contributed by atoms with van der Waals surface area (Å²) in [7, 11) is -6.65. The zero-order chi connectivity index (χ0) is 29.5. The van der Waals surface area contributed by atoms with Crippen LogP contribution in [0.5, 0.6) is 0 Å². The van der Waals surface area contributed by atoms with Crippen LogP contribution in [0.15, 0.2) is 0 Å². The number of halogens is 16. The highest BCUT2D eigenvalue weighted by atomic mass is 32.2. The molecule has 2 atom stereocenters. The van der Waals surface area contributed by atoms with E-state index in [9.17, 15) is 83.5 Å². The molecule has 37 heavy (non-hydrogen) atoms. The van der Waals surface area contributed by atoms with Gasteiger partial charge in [-0.05, 0) is 0 Å². The van der Waals surface area contributed by atoms with Gasteiger partial charge >= 0.3 is 56.6 Å². The van der Waals surface area contributed by atoms with Crippen molar-refractivity contribution in [2.45, 2.75) is 63.6 Å². The summed E-state index contributed by atoms with van der Waals surface area (Å²) < 4.78 is 265. The summed E-state index contributed by atoms with van der Waals surface area (Å²) in [4.78, 5) is 10.9. The van der Waals surface area contributed by atoms with Crippen LogP contribution in [-0.2, 0) is 24.4 Å². The molecule has 4 rings (SSSR count). The fourth-order valence-corrected chi connectivity index (χ4v) is 4.80. The molecular weight excluding hydrogens is 600 g/mol. The molecule has 0 aromatic heterocycles. The third-order valence-corrected chi connectivity index (χ3v) is 7.16. The van der Waals surface area contributed by atoms with Crippen LogP contribution >= 0.6 is 0 Å². The number of alkyl halides is 16. The minimum Gasteiger partial charge on any atom is -0.458 e. The fourth-order valence-electron chi connectivity index (χ4n) is 4.53. The predicted octanol–water partition coefficient (Wildman–Crippen LogP) is 3.45. The Balaban J connectivity index is 2.18. The van der Waals surface area contributed by atoms with Gasteiger partial charge < -0.3 is 9.47 Å². The standard InChI is InChI=1S/C14H6F16O6S/c15-3-5(16)10(21,22)8(20)11(23,24)6(3,17)13(27,28)9(12(5,25)26,14(8,29)30)36-2-1-35-4(31)7(18,19)37(32,33)34/h3H,1-2H2,(H,32,33,34). The van der Waals surface area contributed by atoms with Crippen LogP contribution in [0.4, 0.5) is 70.2 Å². The topological polar surface area (TPSA) is 89.9 Å². The summed E-state index contributed by atoms with van der Waals surface area (Å²) in [6.45, 7) is -5.15. The van der Waals surface area contributed by atoms with Crippen molar-refractivity contribution >= 4 is 16.1 Å². The Kier molecular flexibility index (Phi) is 5.52. The summed E-state index contributed by atoms with van der Waals surface area (Å²) in [5.41, 5.74) is -29.2. The Morgan fingerprint density at radius 1 is 0.730 bits per heavy atom. The van der Waals surface area contributed by atoms with Gasteiger partial charge in [0.05, 0.1) is 6.61 Å². The van der Waals surface area contributed by atoms with E-state index >= 15 is 0 Å². The number of rotatable bonds is 6. The van der Waals surface area contributed by atoms with E-state index in [4.69, 9.17) is 4.55 Å². The second-order valence-electron chi connectivity index (χ2n) is 7.97. The summed E-state index contributed by atoms with van der Waals surface area (Å²) >= 11 is 0. The van der Waals surface area contributed by atoms with Crippen LogP contribution in [0.25, 0.3) is 0 Å². The summed E-state index contributed by atoms with van der Waals surface area (Å²) in [6, 6.07) is 0. The predicted molar refractivity (Wildman–Crippen MR) is 77.3 cm³/mol.